The number of hydrogen-bond donors (Lipinski definition) is 3. The molecular formula is C10H13N3O6S2. The summed E-state index contributed by atoms with van der Waals surface area (Å²) in [6, 6.07) is 4.41. The van der Waals surface area contributed by atoms with Gasteiger partial charge in [0, 0.05) is 6.26 Å². The highest BCUT2D eigenvalue weighted by molar-refractivity contribution is 7.92. The summed E-state index contributed by atoms with van der Waals surface area (Å²) in [5.41, 5.74) is 6.58. The van der Waals surface area contributed by atoms with Crippen LogP contribution in [0.15, 0.2) is 34.1 Å². The highest BCUT2D eigenvalue weighted by atomic mass is 32.2. The van der Waals surface area contributed by atoms with E-state index < -0.39 is 37.4 Å². The Kier molecular flexibility index (Phi) is 4.91. The molecular weight excluding hydrogens is 322 g/mol. The number of carbonyl (C=O) groups is 1. The normalized spacial score (nSPS) is 11.7. The van der Waals surface area contributed by atoms with Crippen LogP contribution in [0.4, 0.5) is 0 Å². The summed E-state index contributed by atoms with van der Waals surface area (Å²) in [4.78, 5) is 15.2. The molecule has 0 fully saturated rings. The Hall–Kier alpha value is -2.14. The predicted molar refractivity (Wildman–Crippen MR) is 72.7 cm³/mol. The van der Waals surface area contributed by atoms with Crippen LogP contribution in [0.5, 0.6) is 0 Å². The van der Waals surface area contributed by atoms with Gasteiger partial charge in [0.05, 0.1) is 9.79 Å². The Morgan fingerprint density at radius 1 is 1.19 bits per heavy atom. The molecule has 0 aromatic heterocycles. The number of nitrogens with one attached hydrogen (secondary N) is 2. The molecule has 0 unspecified atom stereocenters. The van der Waals surface area contributed by atoms with E-state index in [4.69, 9.17) is 11.1 Å². The summed E-state index contributed by atoms with van der Waals surface area (Å²) in [7, 11) is -7.43. The van der Waals surface area contributed by atoms with Gasteiger partial charge in [-0.25, -0.2) is 21.6 Å². The van der Waals surface area contributed by atoms with Gasteiger partial charge in [-0.1, -0.05) is 0 Å². The molecule has 11 heteroatoms. The van der Waals surface area contributed by atoms with Crippen LogP contribution >= 0.6 is 0 Å². The van der Waals surface area contributed by atoms with Crippen LogP contribution < -0.4 is 11.2 Å². The summed E-state index contributed by atoms with van der Waals surface area (Å²) in [6.07, 6.45) is 0.987. The van der Waals surface area contributed by atoms with E-state index in [1.54, 1.807) is 5.48 Å². The van der Waals surface area contributed by atoms with Crippen molar-refractivity contribution in [3.8, 4) is 0 Å². The zero-order valence-corrected chi connectivity index (χ0v) is 12.5. The third kappa shape index (κ3) is 5.04. The smallest absolute Gasteiger partial charge is 0.347 e. The molecule has 0 bridgehead atoms. The van der Waals surface area contributed by atoms with Gasteiger partial charge in [0.2, 0.25) is 5.96 Å². The van der Waals surface area contributed by atoms with Gasteiger partial charge in [-0.2, -0.15) is 5.48 Å². The zero-order chi connectivity index (χ0) is 16.3. The molecule has 1 rings (SSSR count). The molecule has 0 heterocycles. The van der Waals surface area contributed by atoms with Crippen LogP contribution in [-0.4, -0.2) is 40.8 Å². The molecule has 1 aromatic rings. The van der Waals surface area contributed by atoms with Crippen molar-refractivity contribution in [1.29, 1.82) is 5.41 Å². The fraction of sp³-hybridized carbons (Fsp3) is 0.200. The van der Waals surface area contributed by atoms with Crippen molar-refractivity contribution in [2.75, 3.05) is 12.0 Å². The third-order valence-electron chi connectivity index (χ3n) is 2.19. The number of hydroxylamine groups is 1. The van der Waals surface area contributed by atoms with E-state index >= 15 is 0 Å². The number of rotatable bonds is 4. The van der Waals surface area contributed by atoms with E-state index in [0.717, 1.165) is 30.5 Å². The quantitative estimate of drug-likeness (QED) is 0.352. The highest BCUT2D eigenvalue weighted by Crippen LogP contribution is 2.15. The van der Waals surface area contributed by atoms with E-state index in [9.17, 15) is 21.6 Å². The molecule has 1 aromatic carbocycles. The maximum absolute atomic E-state index is 11.9. The van der Waals surface area contributed by atoms with E-state index in [-0.39, 0.29) is 9.79 Å². The van der Waals surface area contributed by atoms with Crippen molar-refractivity contribution in [2.24, 2.45) is 5.73 Å². The molecule has 0 amide bonds. The molecule has 0 atom stereocenters. The molecule has 0 saturated carbocycles. The fourth-order valence-electron chi connectivity index (χ4n) is 1.27. The first kappa shape index (κ1) is 16.9. The first-order valence-electron chi connectivity index (χ1n) is 5.35. The SMILES string of the molecule is CS(=O)(=O)c1ccc(S(=O)(=O)CC(=O)ONC(=N)N)cc1. The lowest BCUT2D eigenvalue weighted by molar-refractivity contribution is -0.144. The highest BCUT2D eigenvalue weighted by Gasteiger charge is 2.21. The Labute approximate surface area is 121 Å². The standard InChI is InChI=1S/C10H13N3O6S2/c1-20(15,16)7-2-4-8(5-3-7)21(17,18)6-9(14)19-13-10(11)12/h2-5H,6H2,1H3,(H4,11,12,13). The van der Waals surface area contributed by atoms with Crippen LogP contribution in [0.2, 0.25) is 0 Å². The lowest BCUT2D eigenvalue weighted by atomic mass is 10.4. The number of sulfone groups is 2. The van der Waals surface area contributed by atoms with Gasteiger partial charge in [0.25, 0.3) is 0 Å². The summed E-state index contributed by atoms with van der Waals surface area (Å²) in [5.74, 6) is -2.79. The lowest BCUT2D eigenvalue weighted by Gasteiger charge is -2.06. The molecule has 4 N–H and O–H groups in total. The minimum atomic E-state index is -3.99. The molecule has 0 aliphatic heterocycles. The molecule has 0 radical (unpaired) electrons. The average molecular weight is 335 g/mol. The number of hydrogen-bond acceptors (Lipinski definition) is 7. The number of guanidine groups is 1. The maximum Gasteiger partial charge on any atom is 0.347 e. The lowest BCUT2D eigenvalue weighted by Crippen LogP contribution is -2.34. The Balaban J connectivity index is 2.88. The second kappa shape index (κ2) is 6.10. The van der Waals surface area contributed by atoms with Crippen molar-refractivity contribution in [2.45, 2.75) is 9.79 Å². The molecule has 21 heavy (non-hydrogen) atoms. The zero-order valence-electron chi connectivity index (χ0n) is 10.9. The van der Waals surface area contributed by atoms with Gasteiger partial charge >= 0.3 is 5.97 Å². The molecule has 0 spiro atoms. The number of nitrogens with two attached hydrogens (primary N) is 1. The van der Waals surface area contributed by atoms with Crippen LogP contribution in [0.1, 0.15) is 0 Å². The van der Waals surface area contributed by atoms with E-state index in [2.05, 4.69) is 4.84 Å². The van der Waals surface area contributed by atoms with Crippen molar-refractivity contribution in [3.05, 3.63) is 24.3 Å². The van der Waals surface area contributed by atoms with Gasteiger partial charge in [0.15, 0.2) is 25.4 Å². The number of carbonyl (C=O) groups excluding carboxylic acids is 1. The molecule has 0 saturated heterocycles. The van der Waals surface area contributed by atoms with E-state index in [1.165, 1.54) is 0 Å². The Bertz CT molecular complexity index is 752. The van der Waals surface area contributed by atoms with Gasteiger partial charge < -0.3 is 10.6 Å². The monoisotopic (exact) mass is 335 g/mol. The minimum Gasteiger partial charge on any atom is -0.368 e. The van der Waals surface area contributed by atoms with Crippen LogP contribution in [0.25, 0.3) is 0 Å². The predicted octanol–water partition coefficient (Wildman–Crippen LogP) is -1.19. The minimum absolute atomic E-state index is 0.0396. The van der Waals surface area contributed by atoms with Gasteiger partial charge in [-0.15, -0.1) is 0 Å². The third-order valence-corrected chi connectivity index (χ3v) is 4.93. The van der Waals surface area contributed by atoms with Crippen molar-refractivity contribution >= 4 is 31.6 Å². The summed E-state index contributed by atoms with van der Waals surface area (Å²) >= 11 is 0. The second-order valence-corrected chi connectivity index (χ2v) is 8.00. The van der Waals surface area contributed by atoms with Gasteiger partial charge in [0.1, 0.15) is 0 Å². The second-order valence-electron chi connectivity index (χ2n) is 3.99. The molecule has 116 valence electrons. The van der Waals surface area contributed by atoms with Gasteiger partial charge in [-0.05, 0) is 24.3 Å². The molecule has 9 nitrogen and oxygen atoms in total. The topological polar surface area (TPSA) is 156 Å². The van der Waals surface area contributed by atoms with Crippen molar-refractivity contribution in [1.82, 2.24) is 5.48 Å². The summed E-state index contributed by atoms with van der Waals surface area (Å²) in [6.45, 7) is 0. The summed E-state index contributed by atoms with van der Waals surface area (Å²) < 4.78 is 46.3. The summed E-state index contributed by atoms with van der Waals surface area (Å²) in [5, 5.41) is 6.75. The maximum atomic E-state index is 11.9. The van der Waals surface area contributed by atoms with Crippen molar-refractivity contribution < 1.29 is 26.5 Å². The fourth-order valence-corrected chi connectivity index (χ4v) is 2.99. The van der Waals surface area contributed by atoms with Crippen LogP contribution in [0.3, 0.4) is 0 Å². The van der Waals surface area contributed by atoms with Crippen LogP contribution in [-0.2, 0) is 29.3 Å². The first-order chi connectivity index (χ1) is 9.52. The van der Waals surface area contributed by atoms with Gasteiger partial charge in [-0.3, -0.25) is 5.41 Å². The van der Waals surface area contributed by atoms with E-state index in [0.29, 0.717) is 0 Å². The Morgan fingerprint density at radius 3 is 2.10 bits per heavy atom. The molecule has 0 aliphatic carbocycles. The molecule has 0 aliphatic rings. The van der Waals surface area contributed by atoms with E-state index in [1.807, 2.05) is 0 Å². The number of benzene rings is 1. The average Bonchev–Trinajstić information content (AvgIpc) is 2.35. The van der Waals surface area contributed by atoms with Crippen molar-refractivity contribution in [3.63, 3.8) is 0 Å². The van der Waals surface area contributed by atoms with Crippen LogP contribution in [0, 0.1) is 5.41 Å². The Morgan fingerprint density at radius 2 is 1.67 bits per heavy atom. The first-order valence-corrected chi connectivity index (χ1v) is 8.89. The largest absolute Gasteiger partial charge is 0.368 e.